The summed E-state index contributed by atoms with van der Waals surface area (Å²) in [5, 5.41) is 11.3. The van der Waals surface area contributed by atoms with E-state index in [1.54, 1.807) is 18.2 Å². The highest BCUT2D eigenvalue weighted by atomic mass is 16.6. The maximum absolute atomic E-state index is 13.1. The normalized spacial score (nSPS) is 16.9. The monoisotopic (exact) mass is 466 g/mol. The number of nitrogens with zero attached hydrogens (tertiary/aromatic N) is 4. The number of likely N-dealkylation sites (tertiary alicyclic amines) is 1. The molecule has 0 atom stereocenters. The number of carbonyl (C=O) groups is 2. The van der Waals surface area contributed by atoms with Crippen molar-refractivity contribution in [1.82, 2.24) is 9.80 Å². The standard InChI is InChI=1S/C25H30N4O5/c30-24(12-19-34-21-6-2-1-3-7-21)27-13-10-20(11-14-27)25(31)28-17-15-26(16-18-28)22-8-4-5-9-23(22)29(32)33/h1-9,20H,10-19H2. The first-order chi connectivity index (χ1) is 16.5. The molecule has 2 heterocycles. The van der Waals surface area contributed by atoms with E-state index >= 15 is 0 Å². The van der Waals surface area contributed by atoms with E-state index in [1.807, 2.05) is 45.0 Å². The average molecular weight is 467 g/mol. The van der Waals surface area contributed by atoms with Crippen LogP contribution < -0.4 is 9.64 Å². The van der Waals surface area contributed by atoms with Crippen LogP contribution in [0.25, 0.3) is 0 Å². The van der Waals surface area contributed by atoms with Crippen molar-refractivity contribution in [3.8, 4) is 5.75 Å². The van der Waals surface area contributed by atoms with Crippen LogP contribution >= 0.6 is 0 Å². The molecular formula is C25H30N4O5. The maximum Gasteiger partial charge on any atom is 0.292 e. The van der Waals surface area contributed by atoms with Crippen molar-refractivity contribution in [2.24, 2.45) is 5.92 Å². The van der Waals surface area contributed by atoms with E-state index in [2.05, 4.69) is 0 Å². The van der Waals surface area contributed by atoms with E-state index in [9.17, 15) is 19.7 Å². The second kappa shape index (κ2) is 11.0. The largest absolute Gasteiger partial charge is 0.493 e. The van der Waals surface area contributed by atoms with Crippen molar-refractivity contribution in [3.05, 3.63) is 64.7 Å². The Morgan fingerprint density at radius 2 is 1.53 bits per heavy atom. The number of amides is 2. The number of carbonyl (C=O) groups excluding carboxylic acids is 2. The lowest BCUT2D eigenvalue weighted by Gasteiger charge is -2.39. The minimum absolute atomic E-state index is 0.0555. The molecule has 2 aromatic rings. The molecule has 0 spiro atoms. The SMILES string of the molecule is O=C(CCOc1ccccc1)N1CCC(C(=O)N2CCN(c3ccccc3[N+](=O)[O-])CC2)CC1. The van der Waals surface area contributed by atoms with Gasteiger partial charge >= 0.3 is 0 Å². The molecule has 0 N–H and O–H groups in total. The van der Waals surface area contributed by atoms with Crippen molar-refractivity contribution in [3.63, 3.8) is 0 Å². The summed E-state index contributed by atoms with van der Waals surface area (Å²) >= 11 is 0. The summed E-state index contributed by atoms with van der Waals surface area (Å²) in [7, 11) is 0. The highest BCUT2D eigenvalue weighted by Gasteiger charge is 2.32. The Kier molecular flexibility index (Phi) is 7.61. The van der Waals surface area contributed by atoms with Crippen LogP contribution in [0.1, 0.15) is 19.3 Å². The van der Waals surface area contributed by atoms with Crippen LogP contribution in [-0.4, -0.2) is 72.4 Å². The molecule has 2 fully saturated rings. The van der Waals surface area contributed by atoms with Crippen molar-refractivity contribution < 1.29 is 19.2 Å². The summed E-state index contributed by atoms with van der Waals surface area (Å²) in [5.41, 5.74) is 0.691. The second-order valence-electron chi connectivity index (χ2n) is 8.62. The minimum Gasteiger partial charge on any atom is -0.493 e. The first-order valence-electron chi connectivity index (χ1n) is 11.8. The second-order valence-corrected chi connectivity index (χ2v) is 8.62. The Morgan fingerprint density at radius 3 is 2.21 bits per heavy atom. The Bertz CT molecular complexity index is 999. The van der Waals surface area contributed by atoms with Crippen LogP contribution in [0.4, 0.5) is 11.4 Å². The first kappa shape index (κ1) is 23.5. The molecule has 0 aliphatic carbocycles. The molecule has 2 aliphatic rings. The Hall–Kier alpha value is -3.62. The van der Waals surface area contributed by atoms with Crippen molar-refractivity contribution in [2.45, 2.75) is 19.3 Å². The summed E-state index contributed by atoms with van der Waals surface area (Å²) in [6, 6.07) is 16.2. The van der Waals surface area contributed by atoms with E-state index in [4.69, 9.17) is 4.74 Å². The molecule has 9 heteroatoms. The van der Waals surface area contributed by atoms with Crippen LogP contribution in [0.5, 0.6) is 5.75 Å². The molecule has 2 aliphatic heterocycles. The molecule has 0 radical (unpaired) electrons. The number of anilines is 1. The van der Waals surface area contributed by atoms with Gasteiger partial charge in [0, 0.05) is 51.3 Å². The summed E-state index contributed by atoms with van der Waals surface area (Å²) < 4.78 is 5.62. The third-order valence-corrected chi connectivity index (χ3v) is 6.54. The van der Waals surface area contributed by atoms with Crippen LogP contribution in [0.2, 0.25) is 0 Å². The number of ether oxygens (including phenoxy) is 1. The maximum atomic E-state index is 13.1. The number of hydrogen-bond donors (Lipinski definition) is 0. The lowest BCUT2D eigenvalue weighted by Crippen LogP contribution is -2.52. The number of benzene rings is 2. The molecule has 2 saturated heterocycles. The molecule has 180 valence electrons. The highest BCUT2D eigenvalue weighted by molar-refractivity contribution is 5.80. The van der Waals surface area contributed by atoms with Gasteiger partial charge in [0.15, 0.2) is 0 Å². The molecule has 0 aromatic heterocycles. The van der Waals surface area contributed by atoms with E-state index in [1.165, 1.54) is 6.07 Å². The number of piperidine rings is 1. The van der Waals surface area contributed by atoms with Crippen molar-refractivity contribution in [1.29, 1.82) is 0 Å². The Morgan fingerprint density at radius 1 is 0.882 bits per heavy atom. The number of piperazine rings is 1. The molecule has 0 unspecified atom stereocenters. The fraction of sp³-hybridized carbons (Fsp3) is 0.440. The number of para-hydroxylation sites is 3. The van der Waals surface area contributed by atoms with Gasteiger partial charge in [-0.1, -0.05) is 30.3 Å². The van der Waals surface area contributed by atoms with Gasteiger partial charge < -0.3 is 19.4 Å². The number of nitro benzene ring substituents is 1. The Labute approximate surface area is 199 Å². The molecule has 34 heavy (non-hydrogen) atoms. The van der Waals surface area contributed by atoms with Crippen LogP contribution in [0, 0.1) is 16.0 Å². The Balaban J connectivity index is 1.20. The van der Waals surface area contributed by atoms with Crippen molar-refractivity contribution in [2.75, 3.05) is 50.8 Å². The van der Waals surface area contributed by atoms with E-state index < -0.39 is 0 Å². The van der Waals surface area contributed by atoms with Gasteiger partial charge in [-0.05, 0) is 31.0 Å². The summed E-state index contributed by atoms with van der Waals surface area (Å²) in [5.74, 6) is 0.852. The van der Waals surface area contributed by atoms with E-state index in [0.29, 0.717) is 70.8 Å². The highest BCUT2D eigenvalue weighted by Crippen LogP contribution is 2.29. The molecule has 0 saturated carbocycles. The van der Waals surface area contributed by atoms with Gasteiger partial charge in [0.1, 0.15) is 11.4 Å². The quantitative estimate of drug-likeness (QED) is 0.460. The number of nitro groups is 1. The molecule has 2 amide bonds. The van der Waals surface area contributed by atoms with Crippen LogP contribution in [-0.2, 0) is 9.59 Å². The summed E-state index contributed by atoms with van der Waals surface area (Å²) in [6.45, 7) is 3.71. The summed E-state index contributed by atoms with van der Waals surface area (Å²) in [4.78, 5) is 42.2. The van der Waals surface area contributed by atoms with Gasteiger partial charge in [0.25, 0.3) is 5.69 Å². The smallest absolute Gasteiger partial charge is 0.292 e. The van der Waals surface area contributed by atoms with Gasteiger partial charge in [0.05, 0.1) is 18.0 Å². The fourth-order valence-corrected chi connectivity index (χ4v) is 4.62. The fourth-order valence-electron chi connectivity index (χ4n) is 4.62. The lowest BCUT2D eigenvalue weighted by molar-refractivity contribution is -0.384. The van der Waals surface area contributed by atoms with Gasteiger partial charge in [-0.2, -0.15) is 0 Å². The predicted octanol–water partition coefficient (Wildman–Crippen LogP) is 2.95. The minimum atomic E-state index is -0.365. The van der Waals surface area contributed by atoms with E-state index in [0.717, 1.165) is 5.75 Å². The zero-order chi connectivity index (χ0) is 23.9. The van der Waals surface area contributed by atoms with E-state index in [-0.39, 0.29) is 28.3 Å². The lowest BCUT2D eigenvalue weighted by atomic mass is 9.94. The first-order valence-corrected chi connectivity index (χ1v) is 11.8. The van der Waals surface area contributed by atoms with Gasteiger partial charge in [-0.15, -0.1) is 0 Å². The summed E-state index contributed by atoms with van der Waals surface area (Å²) in [6.07, 6.45) is 1.64. The van der Waals surface area contributed by atoms with Gasteiger partial charge in [-0.25, -0.2) is 0 Å². The number of hydrogen-bond acceptors (Lipinski definition) is 6. The third-order valence-electron chi connectivity index (χ3n) is 6.54. The van der Waals surface area contributed by atoms with Gasteiger partial charge in [0.2, 0.25) is 11.8 Å². The van der Waals surface area contributed by atoms with Gasteiger partial charge in [-0.3, -0.25) is 19.7 Å². The van der Waals surface area contributed by atoms with Crippen molar-refractivity contribution >= 4 is 23.2 Å². The molecule has 4 rings (SSSR count). The van der Waals surface area contributed by atoms with Crippen LogP contribution in [0.15, 0.2) is 54.6 Å². The topological polar surface area (TPSA) is 96.2 Å². The predicted molar refractivity (Wildman–Crippen MR) is 128 cm³/mol. The molecular weight excluding hydrogens is 436 g/mol. The average Bonchev–Trinajstić information content (AvgIpc) is 2.89. The molecule has 2 aromatic carbocycles. The molecule has 9 nitrogen and oxygen atoms in total. The molecule has 0 bridgehead atoms. The zero-order valence-electron chi connectivity index (χ0n) is 19.2. The van der Waals surface area contributed by atoms with Crippen LogP contribution in [0.3, 0.4) is 0 Å². The third kappa shape index (κ3) is 5.65. The number of rotatable bonds is 7. The zero-order valence-corrected chi connectivity index (χ0v) is 19.2.